The van der Waals surface area contributed by atoms with Crippen LogP contribution in [0, 0.1) is 10.1 Å². The molecule has 1 aliphatic rings. The summed E-state index contributed by atoms with van der Waals surface area (Å²) in [5.41, 5.74) is 0.106. The molecule has 1 saturated heterocycles. The SMILES string of the molecule is Cn1ncc([N+](=O)[O-])c1N1CCCSCC1. The highest BCUT2D eigenvalue weighted by Gasteiger charge is 2.24. The Morgan fingerprint density at radius 1 is 1.50 bits per heavy atom. The molecule has 0 N–H and O–H groups in total. The molecule has 1 fully saturated rings. The normalized spacial score (nSPS) is 17.2. The van der Waals surface area contributed by atoms with Crippen LogP contribution < -0.4 is 4.90 Å². The lowest BCUT2D eigenvalue weighted by Crippen LogP contribution is -2.28. The van der Waals surface area contributed by atoms with Gasteiger partial charge in [0.15, 0.2) is 0 Å². The number of nitro groups is 1. The van der Waals surface area contributed by atoms with E-state index in [4.69, 9.17) is 0 Å². The minimum Gasteiger partial charge on any atom is -0.350 e. The van der Waals surface area contributed by atoms with Crippen molar-refractivity contribution in [1.29, 1.82) is 0 Å². The second kappa shape index (κ2) is 4.73. The number of aromatic nitrogens is 2. The van der Waals surface area contributed by atoms with Crippen LogP contribution in [0.1, 0.15) is 6.42 Å². The Balaban J connectivity index is 2.29. The van der Waals surface area contributed by atoms with Crippen molar-refractivity contribution < 1.29 is 4.92 Å². The van der Waals surface area contributed by atoms with Gasteiger partial charge in [0.2, 0.25) is 5.82 Å². The Bertz CT molecular complexity index is 385. The van der Waals surface area contributed by atoms with E-state index in [-0.39, 0.29) is 10.6 Å². The maximum absolute atomic E-state index is 10.9. The molecule has 0 aliphatic carbocycles. The quantitative estimate of drug-likeness (QED) is 0.577. The molecular weight excluding hydrogens is 228 g/mol. The number of thioether (sulfide) groups is 1. The first-order chi connectivity index (χ1) is 7.70. The van der Waals surface area contributed by atoms with Gasteiger partial charge in [-0.2, -0.15) is 16.9 Å². The van der Waals surface area contributed by atoms with Crippen molar-refractivity contribution in [3.05, 3.63) is 16.3 Å². The van der Waals surface area contributed by atoms with Crippen LogP contribution in [0.15, 0.2) is 6.20 Å². The van der Waals surface area contributed by atoms with Crippen LogP contribution in [-0.2, 0) is 7.05 Å². The summed E-state index contributed by atoms with van der Waals surface area (Å²) < 4.78 is 1.59. The van der Waals surface area contributed by atoms with Crippen LogP contribution in [0.5, 0.6) is 0 Å². The Hall–Kier alpha value is -1.24. The molecule has 1 aromatic heterocycles. The minimum absolute atomic E-state index is 0.106. The highest BCUT2D eigenvalue weighted by atomic mass is 32.2. The third-order valence-electron chi connectivity index (χ3n) is 2.61. The minimum atomic E-state index is -0.361. The average molecular weight is 242 g/mol. The van der Waals surface area contributed by atoms with Gasteiger partial charge >= 0.3 is 5.69 Å². The summed E-state index contributed by atoms with van der Waals surface area (Å²) in [6.07, 6.45) is 2.39. The van der Waals surface area contributed by atoms with E-state index in [0.29, 0.717) is 5.82 Å². The Labute approximate surface area is 97.8 Å². The van der Waals surface area contributed by atoms with E-state index in [9.17, 15) is 10.1 Å². The van der Waals surface area contributed by atoms with E-state index in [2.05, 4.69) is 10.00 Å². The fraction of sp³-hybridized carbons (Fsp3) is 0.667. The number of hydrogen-bond donors (Lipinski definition) is 0. The number of hydrogen-bond acceptors (Lipinski definition) is 5. The molecule has 0 aromatic carbocycles. The molecule has 0 amide bonds. The van der Waals surface area contributed by atoms with Crippen molar-refractivity contribution in [1.82, 2.24) is 9.78 Å². The summed E-state index contributed by atoms with van der Waals surface area (Å²) >= 11 is 1.90. The molecule has 0 spiro atoms. The first-order valence-corrected chi connectivity index (χ1v) is 6.34. The molecule has 2 heterocycles. The summed E-state index contributed by atoms with van der Waals surface area (Å²) in [5, 5.41) is 14.9. The monoisotopic (exact) mass is 242 g/mol. The maximum Gasteiger partial charge on any atom is 0.331 e. The fourth-order valence-electron chi connectivity index (χ4n) is 1.87. The molecule has 88 valence electrons. The number of rotatable bonds is 2. The maximum atomic E-state index is 10.9. The van der Waals surface area contributed by atoms with Crippen molar-refractivity contribution in [2.24, 2.45) is 7.05 Å². The van der Waals surface area contributed by atoms with Crippen LogP contribution in [0.3, 0.4) is 0 Å². The highest BCUT2D eigenvalue weighted by Crippen LogP contribution is 2.28. The predicted molar refractivity (Wildman–Crippen MR) is 64.0 cm³/mol. The summed E-state index contributed by atoms with van der Waals surface area (Å²) in [5.74, 6) is 2.78. The van der Waals surface area contributed by atoms with Crippen molar-refractivity contribution in [3.63, 3.8) is 0 Å². The number of nitrogens with zero attached hydrogens (tertiary/aromatic N) is 4. The molecule has 0 radical (unpaired) electrons. The highest BCUT2D eigenvalue weighted by molar-refractivity contribution is 7.99. The molecule has 1 aromatic rings. The largest absolute Gasteiger partial charge is 0.350 e. The summed E-state index contributed by atoms with van der Waals surface area (Å²) in [6.45, 7) is 1.72. The zero-order chi connectivity index (χ0) is 11.5. The molecular formula is C9H14N4O2S. The van der Waals surface area contributed by atoms with Crippen molar-refractivity contribution in [2.45, 2.75) is 6.42 Å². The van der Waals surface area contributed by atoms with E-state index >= 15 is 0 Å². The second-order valence-electron chi connectivity index (χ2n) is 3.69. The van der Waals surface area contributed by atoms with Gasteiger partial charge in [-0.05, 0) is 12.2 Å². The van der Waals surface area contributed by atoms with Gasteiger partial charge in [-0.1, -0.05) is 0 Å². The van der Waals surface area contributed by atoms with Gasteiger partial charge in [0, 0.05) is 25.9 Å². The van der Waals surface area contributed by atoms with Crippen LogP contribution in [0.25, 0.3) is 0 Å². The Morgan fingerprint density at radius 3 is 3.06 bits per heavy atom. The van der Waals surface area contributed by atoms with Gasteiger partial charge in [0.05, 0.1) is 4.92 Å². The van der Waals surface area contributed by atoms with Crippen molar-refractivity contribution in [2.75, 3.05) is 29.5 Å². The summed E-state index contributed by atoms with van der Waals surface area (Å²) in [4.78, 5) is 12.6. The molecule has 0 bridgehead atoms. The number of aryl methyl sites for hydroxylation is 1. The van der Waals surface area contributed by atoms with E-state index in [1.54, 1.807) is 11.7 Å². The van der Waals surface area contributed by atoms with Crippen LogP contribution >= 0.6 is 11.8 Å². The van der Waals surface area contributed by atoms with E-state index in [1.807, 2.05) is 11.8 Å². The zero-order valence-corrected chi connectivity index (χ0v) is 9.94. The van der Waals surface area contributed by atoms with Gasteiger partial charge in [-0.15, -0.1) is 0 Å². The molecule has 1 aliphatic heterocycles. The smallest absolute Gasteiger partial charge is 0.331 e. The lowest BCUT2D eigenvalue weighted by atomic mass is 10.3. The molecule has 0 unspecified atom stereocenters. The van der Waals surface area contributed by atoms with E-state index in [0.717, 1.165) is 31.0 Å². The molecule has 0 saturated carbocycles. The topological polar surface area (TPSA) is 64.2 Å². The van der Waals surface area contributed by atoms with Gasteiger partial charge in [-0.25, -0.2) is 4.68 Å². The van der Waals surface area contributed by atoms with Gasteiger partial charge < -0.3 is 4.90 Å². The van der Waals surface area contributed by atoms with Gasteiger partial charge in [0.25, 0.3) is 0 Å². The fourth-order valence-corrected chi connectivity index (χ4v) is 2.76. The first kappa shape index (κ1) is 11.3. The lowest BCUT2D eigenvalue weighted by Gasteiger charge is -2.20. The molecule has 16 heavy (non-hydrogen) atoms. The zero-order valence-electron chi connectivity index (χ0n) is 9.13. The summed E-state index contributed by atoms with van der Waals surface area (Å²) in [7, 11) is 1.75. The third kappa shape index (κ3) is 2.13. The van der Waals surface area contributed by atoms with Crippen LogP contribution in [0.2, 0.25) is 0 Å². The predicted octanol–water partition coefficient (Wildman–Crippen LogP) is 1.27. The average Bonchev–Trinajstić information content (AvgIpc) is 2.50. The summed E-state index contributed by atoms with van der Waals surface area (Å²) in [6, 6.07) is 0. The number of anilines is 1. The van der Waals surface area contributed by atoms with Gasteiger partial charge in [0.1, 0.15) is 6.20 Å². The Kier molecular flexibility index (Phi) is 3.33. The van der Waals surface area contributed by atoms with Gasteiger partial charge in [-0.3, -0.25) is 10.1 Å². The van der Waals surface area contributed by atoms with E-state index < -0.39 is 0 Å². The Morgan fingerprint density at radius 2 is 2.31 bits per heavy atom. The second-order valence-corrected chi connectivity index (χ2v) is 4.91. The standard InChI is InChI=1S/C9H14N4O2S/c1-11-9(8(7-10-11)13(14)15)12-3-2-5-16-6-4-12/h7H,2-6H2,1H3. The third-order valence-corrected chi connectivity index (χ3v) is 3.66. The lowest BCUT2D eigenvalue weighted by molar-refractivity contribution is -0.384. The van der Waals surface area contributed by atoms with Crippen molar-refractivity contribution >= 4 is 23.3 Å². The molecule has 0 atom stereocenters. The molecule has 6 nitrogen and oxygen atoms in total. The molecule has 7 heteroatoms. The van der Waals surface area contributed by atoms with Crippen LogP contribution in [0.4, 0.5) is 11.5 Å². The first-order valence-electron chi connectivity index (χ1n) is 5.19. The van der Waals surface area contributed by atoms with Crippen LogP contribution in [-0.4, -0.2) is 39.3 Å². The molecule has 2 rings (SSSR count). The van der Waals surface area contributed by atoms with E-state index in [1.165, 1.54) is 6.20 Å². The van der Waals surface area contributed by atoms with Crippen molar-refractivity contribution in [3.8, 4) is 0 Å².